The maximum absolute atomic E-state index is 11.0. The average molecular weight is 268 g/mol. The Bertz CT molecular complexity index is 434. The van der Waals surface area contributed by atoms with E-state index < -0.39 is 36.5 Å². The minimum Gasteiger partial charge on any atom is -0.457 e. The van der Waals surface area contributed by atoms with Gasteiger partial charge in [0, 0.05) is 0 Å². The van der Waals surface area contributed by atoms with Gasteiger partial charge in [-0.3, -0.25) is 4.79 Å². The Morgan fingerprint density at radius 3 is 2.32 bits per heavy atom. The molecule has 4 N–H and O–H groups in total. The second-order valence-electron chi connectivity index (χ2n) is 4.56. The van der Waals surface area contributed by atoms with Crippen LogP contribution in [0.15, 0.2) is 30.3 Å². The fourth-order valence-electron chi connectivity index (χ4n) is 2.09. The quantitative estimate of drug-likeness (QED) is 0.528. The Morgan fingerprint density at radius 1 is 1.16 bits per heavy atom. The van der Waals surface area contributed by atoms with E-state index in [-0.39, 0.29) is 6.42 Å². The highest BCUT2D eigenvalue weighted by Crippen LogP contribution is 2.25. The molecule has 1 fully saturated rings. The monoisotopic (exact) mass is 268 g/mol. The molecule has 0 saturated carbocycles. The molecule has 0 bridgehead atoms. The number of rotatable bonds is 4. The van der Waals surface area contributed by atoms with Gasteiger partial charge in [-0.1, -0.05) is 30.3 Å². The van der Waals surface area contributed by atoms with Crippen LogP contribution >= 0.6 is 0 Å². The molecule has 0 aliphatic carbocycles. The van der Waals surface area contributed by atoms with Crippen molar-refractivity contribution in [2.75, 3.05) is 0 Å². The molecule has 5 atom stereocenters. The maximum Gasteiger partial charge on any atom is 0.309 e. The molecule has 19 heavy (non-hydrogen) atoms. The number of cyclic esters (lactones) is 1. The Hall–Kier alpha value is -1.47. The zero-order valence-electron chi connectivity index (χ0n) is 10.1. The van der Waals surface area contributed by atoms with E-state index in [1.165, 1.54) is 0 Å². The topological polar surface area (TPSA) is 107 Å². The van der Waals surface area contributed by atoms with Gasteiger partial charge in [0.05, 0.1) is 6.42 Å². The highest BCUT2D eigenvalue weighted by Gasteiger charge is 2.43. The van der Waals surface area contributed by atoms with Crippen molar-refractivity contribution in [2.24, 2.45) is 0 Å². The first-order chi connectivity index (χ1) is 9.00. The number of hydrogen-bond acceptors (Lipinski definition) is 6. The summed E-state index contributed by atoms with van der Waals surface area (Å²) in [6, 6.07) is 8.31. The third-order valence-corrected chi connectivity index (χ3v) is 3.17. The van der Waals surface area contributed by atoms with E-state index in [0.717, 1.165) is 0 Å². The highest BCUT2D eigenvalue weighted by molar-refractivity contribution is 5.72. The van der Waals surface area contributed by atoms with Crippen LogP contribution in [-0.4, -0.2) is 50.8 Å². The first-order valence-electron chi connectivity index (χ1n) is 5.97. The summed E-state index contributed by atoms with van der Waals surface area (Å²) < 4.78 is 4.73. The summed E-state index contributed by atoms with van der Waals surface area (Å²) in [5.74, 6) is -0.641. The first-order valence-corrected chi connectivity index (χ1v) is 5.97. The second kappa shape index (κ2) is 5.66. The smallest absolute Gasteiger partial charge is 0.309 e. The largest absolute Gasteiger partial charge is 0.457 e. The molecule has 1 aromatic rings. The van der Waals surface area contributed by atoms with E-state index in [4.69, 9.17) is 4.74 Å². The standard InChI is InChI=1S/C13H16O6/c14-8-6-9(15)19-13(8)12(18)11(17)10(16)7-4-2-1-3-5-7/h1-5,8,10-14,16-18H,6H2/t8-,10-,11+,12+,13+/m0/s1. The van der Waals surface area contributed by atoms with Crippen molar-refractivity contribution in [3.8, 4) is 0 Å². The first kappa shape index (κ1) is 14.0. The van der Waals surface area contributed by atoms with Crippen LogP contribution in [0.3, 0.4) is 0 Å². The Balaban J connectivity index is 2.07. The van der Waals surface area contributed by atoms with Gasteiger partial charge in [-0.2, -0.15) is 0 Å². The predicted molar refractivity (Wildman–Crippen MR) is 63.9 cm³/mol. The number of carbonyl (C=O) groups excluding carboxylic acids is 1. The van der Waals surface area contributed by atoms with Crippen LogP contribution in [-0.2, 0) is 9.53 Å². The summed E-state index contributed by atoms with van der Waals surface area (Å²) in [4.78, 5) is 11.0. The number of benzene rings is 1. The van der Waals surface area contributed by atoms with Crippen LogP contribution in [0.1, 0.15) is 18.1 Å². The Morgan fingerprint density at radius 2 is 1.79 bits per heavy atom. The minimum absolute atomic E-state index is 0.226. The van der Waals surface area contributed by atoms with Gasteiger partial charge in [-0.05, 0) is 5.56 Å². The van der Waals surface area contributed by atoms with Crippen LogP contribution in [0.5, 0.6) is 0 Å². The summed E-state index contributed by atoms with van der Waals surface area (Å²) >= 11 is 0. The molecule has 0 aromatic heterocycles. The number of aliphatic hydroxyl groups excluding tert-OH is 4. The van der Waals surface area contributed by atoms with Gasteiger partial charge in [0.2, 0.25) is 0 Å². The second-order valence-corrected chi connectivity index (χ2v) is 4.56. The third kappa shape index (κ3) is 2.93. The van der Waals surface area contributed by atoms with E-state index >= 15 is 0 Å². The zero-order chi connectivity index (χ0) is 14.0. The lowest BCUT2D eigenvalue weighted by atomic mass is 9.95. The minimum atomic E-state index is -1.56. The Labute approximate surface area is 109 Å². The van der Waals surface area contributed by atoms with Crippen molar-refractivity contribution in [1.82, 2.24) is 0 Å². The Kier molecular flexibility index (Phi) is 4.16. The molecule has 1 aliphatic rings. The fraction of sp³-hybridized carbons (Fsp3) is 0.462. The molecule has 1 heterocycles. The third-order valence-electron chi connectivity index (χ3n) is 3.17. The van der Waals surface area contributed by atoms with Gasteiger partial charge >= 0.3 is 5.97 Å². The molecule has 0 spiro atoms. The normalized spacial score (nSPS) is 27.7. The summed E-state index contributed by atoms with van der Waals surface area (Å²) in [5.41, 5.74) is 0.424. The van der Waals surface area contributed by atoms with Crippen molar-refractivity contribution in [3.63, 3.8) is 0 Å². The lowest BCUT2D eigenvalue weighted by molar-refractivity contribution is -0.157. The molecule has 0 radical (unpaired) electrons. The molecular weight excluding hydrogens is 252 g/mol. The van der Waals surface area contributed by atoms with Crippen molar-refractivity contribution in [3.05, 3.63) is 35.9 Å². The SMILES string of the molecule is O=C1C[C@H](O)[C@H]([C@H](O)[C@H](O)[C@@H](O)c2ccccc2)O1. The lowest BCUT2D eigenvalue weighted by Gasteiger charge is -2.27. The summed E-state index contributed by atoms with van der Waals surface area (Å²) in [5, 5.41) is 39.3. The van der Waals surface area contributed by atoms with Gasteiger partial charge in [-0.25, -0.2) is 0 Å². The summed E-state index contributed by atoms with van der Waals surface area (Å²) in [6.07, 6.45) is -7.08. The number of ether oxygens (including phenoxy) is 1. The predicted octanol–water partition coefficient (Wildman–Crippen LogP) is -0.882. The van der Waals surface area contributed by atoms with E-state index in [9.17, 15) is 25.2 Å². The molecule has 1 saturated heterocycles. The number of hydrogen-bond donors (Lipinski definition) is 4. The molecule has 104 valence electrons. The van der Waals surface area contributed by atoms with E-state index in [2.05, 4.69) is 0 Å². The van der Waals surface area contributed by atoms with E-state index in [0.29, 0.717) is 5.56 Å². The van der Waals surface area contributed by atoms with Crippen molar-refractivity contribution < 1.29 is 30.0 Å². The van der Waals surface area contributed by atoms with Crippen LogP contribution < -0.4 is 0 Å². The molecule has 0 unspecified atom stereocenters. The van der Waals surface area contributed by atoms with Crippen molar-refractivity contribution in [2.45, 2.75) is 36.9 Å². The van der Waals surface area contributed by atoms with Crippen molar-refractivity contribution in [1.29, 1.82) is 0 Å². The summed E-state index contributed by atoms with van der Waals surface area (Å²) in [7, 11) is 0. The van der Waals surface area contributed by atoms with Gasteiger partial charge in [0.15, 0.2) is 6.10 Å². The number of carbonyl (C=O) groups is 1. The molecule has 0 amide bonds. The van der Waals surface area contributed by atoms with Crippen LogP contribution in [0, 0.1) is 0 Å². The molecule has 6 heteroatoms. The van der Waals surface area contributed by atoms with Crippen molar-refractivity contribution >= 4 is 5.97 Å². The van der Waals surface area contributed by atoms with Gasteiger partial charge in [0.25, 0.3) is 0 Å². The molecule has 1 aromatic carbocycles. The van der Waals surface area contributed by atoms with Gasteiger partial charge in [0.1, 0.15) is 24.4 Å². The van der Waals surface area contributed by atoms with Crippen LogP contribution in [0.25, 0.3) is 0 Å². The maximum atomic E-state index is 11.0. The average Bonchev–Trinajstić information content (AvgIpc) is 2.76. The fourth-order valence-corrected chi connectivity index (χ4v) is 2.09. The van der Waals surface area contributed by atoms with Gasteiger partial charge in [-0.15, -0.1) is 0 Å². The highest BCUT2D eigenvalue weighted by atomic mass is 16.6. The van der Waals surface area contributed by atoms with Gasteiger partial charge < -0.3 is 25.2 Å². The zero-order valence-corrected chi connectivity index (χ0v) is 10.1. The number of aliphatic hydroxyl groups is 4. The molecule has 2 rings (SSSR count). The molecule has 1 aliphatic heterocycles. The summed E-state index contributed by atoms with van der Waals surface area (Å²) in [6.45, 7) is 0. The number of esters is 1. The van der Waals surface area contributed by atoms with Crippen LogP contribution in [0.2, 0.25) is 0 Å². The molecular formula is C13H16O6. The molecule has 6 nitrogen and oxygen atoms in total. The van der Waals surface area contributed by atoms with E-state index in [1.54, 1.807) is 30.3 Å². The van der Waals surface area contributed by atoms with E-state index in [1.807, 2.05) is 0 Å². The van der Waals surface area contributed by atoms with Crippen LogP contribution in [0.4, 0.5) is 0 Å². The lowest BCUT2D eigenvalue weighted by Crippen LogP contribution is -2.45.